The Morgan fingerprint density at radius 3 is 1.75 bits per heavy atom. The summed E-state index contributed by atoms with van der Waals surface area (Å²) in [6.45, 7) is 3.23. The molecular formula is C2H6S2. The van der Waals surface area contributed by atoms with Crippen LogP contribution in [0.15, 0.2) is 12.0 Å². The Labute approximate surface area is 38.8 Å². The smallest absolute Gasteiger partial charge is 0.0396 e. The molecule has 2 heteroatoms. The molecule has 0 aliphatic rings. The van der Waals surface area contributed by atoms with Gasteiger partial charge in [-0.15, -0.1) is 0 Å². The van der Waals surface area contributed by atoms with Gasteiger partial charge in [-0.2, -0.15) is 26.1 Å². The Balaban J connectivity index is 0. The first kappa shape index (κ1) is 8.83. The highest BCUT2D eigenvalue weighted by Gasteiger charge is 1.14. The molecule has 0 fully saturated rings. The van der Waals surface area contributed by atoms with Gasteiger partial charge < -0.3 is 0 Å². The lowest BCUT2D eigenvalue weighted by Crippen LogP contribution is -0.935. The molecule has 0 aromatic heterocycles. The van der Waals surface area contributed by atoms with Crippen LogP contribution in [0, 0.1) is 0 Å². The van der Waals surface area contributed by atoms with Crippen molar-refractivity contribution in [2.24, 2.45) is 0 Å². The summed E-state index contributed by atoms with van der Waals surface area (Å²) in [5, 5.41) is 1.44. The van der Waals surface area contributed by atoms with Crippen molar-refractivity contribution >= 4 is 26.1 Å². The third-order valence-electron chi connectivity index (χ3n) is 0. The van der Waals surface area contributed by atoms with Crippen LogP contribution in [0.2, 0.25) is 0 Å². The van der Waals surface area contributed by atoms with Crippen LogP contribution in [0.1, 0.15) is 0 Å². The van der Waals surface area contributed by atoms with E-state index in [1.165, 1.54) is 5.41 Å². The van der Waals surface area contributed by atoms with Crippen molar-refractivity contribution in [3.05, 3.63) is 12.0 Å². The second-order valence-corrected chi connectivity index (χ2v) is 0.548. The van der Waals surface area contributed by atoms with Gasteiger partial charge in [-0.25, -0.2) is 0 Å². The van der Waals surface area contributed by atoms with Crippen molar-refractivity contribution in [1.29, 1.82) is 0 Å². The normalized spacial score (nSPS) is 3.25. The lowest BCUT2D eigenvalue weighted by molar-refractivity contribution is 2.70. The maximum absolute atomic E-state index is 3.55. The Kier molecular flexibility index (Phi) is 21.8. The standard InChI is InChI=1S/C2H4S.H2S/c1-2-3;/h2-3H,1H2;1H2. The van der Waals surface area contributed by atoms with Gasteiger partial charge in [0, 0.05) is 0 Å². The fourth-order valence-corrected chi connectivity index (χ4v) is 0. The third kappa shape index (κ3) is 26.1. The maximum atomic E-state index is 3.55. The highest BCUT2D eigenvalue weighted by Crippen LogP contribution is 1.58. The first-order valence-electron chi connectivity index (χ1n) is 0.666. The van der Waals surface area contributed by atoms with Gasteiger partial charge in [-0.3, -0.25) is 0 Å². The average molecular weight is 94.2 g/mol. The average Bonchev–Trinajstić information content (AvgIpc) is 0.918. The zero-order valence-corrected chi connectivity index (χ0v) is 4.13. The van der Waals surface area contributed by atoms with Crippen LogP contribution >= 0.6 is 26.1 Å². The van der Waals surface area contributed by atoms with Gasteiger partial charge >= 0.3 is 0 Å². The minimum atomic E-state index is 0. The maximum Gasteiger partial charge on any atom is -0.0396 e. The molecule has 0 spiro atoms. The zero-order valence-electron chi connectivity index (χ0n) is 2.23. The van der Waals surface area contributed by atoms with Gasteiger partial charge in [0.1, 0.15) is 0 Å². The minimum Gasteiger partial charge on any atom is -0.197 e. The van der Waals surface area contributed by atoms with Gasteiger partial charge in [0.2, 0.25) is 0 Å². The highest BCUT2D eigenvalue weighted by atomic mass is 32.1. The van der Waals surface area contributed by atoms with Crippen molar-refractivity contribution in [1.82, 2.24) is 0 Å². The second kappa shape index (κ2) is 9.88. The van der Waals surface area contributed by atoms with E-state index >= 15 is 0 Å². The quantitative estimate of drug-likeness (QED) is 0.428. The highest BCUT2D eigenvalue weighted by molar-refractivity contribution is 7.83. The summed E-state index contributed by atoms with van der Waals surface area (Å²) in [5.41, 5.74) is 0. The molecule has 0 N–H and O–H groups in total. The molecule has 4 heavy (non-hydrogen) atoms. The molecule has 0 aliphatic heterocycles. The predicted octanol–water partition coefficient (Wildman–Crippen LogP) is 1.17. The number of thiol groups is 1. The minimum absolute atomic E-state index is 0. The van der Waals surface area contributed by atoms with Crippen molar-refractivity contribution < 1.29 is 0 Å². The lowest BCUT2D eigenvalue weighted by atomic mass is 11.3. The molecule has 0 atom stereocenters. The summed E-state index contributed by atoms with van der Waals surface area (Å²) in [6.07, 6.45) is 0. The predicted molar refractivity (Wildman–Crippen MR) is 29.6 cm³/mol. The summed E-state index contributed by atoms with van der Waals surface area (Å²) in [5.74, 6) is 0. The monoisotopic (exact) mass is 94.0 g/mol. The topological polar surface area (TPSA) is 0 Å². The van der Waals surface area contributed by atoms with E-state index in [0.29, 0.717) is 0 Å². The van der Waals surface area contributed by atoms with Crippen LogP contribution < -0.4 is 0 Å². The molecule has 0 bridgehead atoms. The van der Waals surface area contributed by atoms with Crippen molar-refractivity contribution in [3.8, 4) is 0 Å². The first-order valence-corrected chi connectivity index (χ1v) is 1.18. The third-order valence-corrected chi connectivity index (χ3v) is 0. The SMILES string of the molecule is C=CS.S. The van der Waals surface area contributed by atoms with E-state index in [1.54, 1.807) is 0 Å². The molecule has 0 amide bonds. The van der Waals surface area contributed by atoms with Gasteiger partial charge in [-0.05, 0) is 5.41 Å². The Bertz CT molecular complexity index is 11.5. The molecule has 0 nitrogen and oxygen atoms in total. The van der Waals surface area contributed by atoms with Gasteiger partial charge in [0.15, 0.2) is 0 Å². The van der Waals surface area contributed by atoms with Crippen LogP contribution in [0.25, 0.3) is 0 Å². The molecule has 0 aromatic carbocycles. The van der Waals surface area contributed by atoms with Crippen molar-refractivity contribution in [2.45, 2.75) is 0 Å². The molecule has 0 heterocycles. The molecule has 0 rings (SSSR count). The largest absolute Gasteiger partial charge is 0.197 e. The summed E-state index contributed by atoms with van der Waals surface area (Å²) < 4.78 is 0. The fraction of sp³-hybridized carbons (Fsp3) is 0. The van der Waals surface area contributed by atoms with Crippen LogP contribution in [0.5, 0.6) is 0 Å². The van der Waals surface area contributed by atoms with Gasteiger partial charge in [0.05, 0.1) is 0 Å². The molecule has 0 radical (unpaired) electrons. The first-order chi connectivity index (χ1) is 1.41. The van der Waals surface area contributed by atoms with E-state index < -0.39 is 0 Å². The summed E-state index contributed by atoms with van der Waals surface area (Å²) in [6, 6.07) is 0. The molecule has 0 aromatic rings. The van der Waals surface area contributed by atoms with Crippen LogP contribution in [-0.4, -0.2) is 0 Å². The van der Waals surface area contributed by atoms with E-state index in [2.05, 4.69) is 19.2 Å². The summed E-state index contributed by atoms with van der Waals surface area (Å²) in [7, 11) is 0. The lowest BCUT2D eigenvalue weighted by Gasteiger charge is -1.31. The zero-order chi connectivity index (χ0) is 2.71. The molecule has 0 saturated heterocycles. The number of hydrogen-bond acceptors (Lipinski definition) is 1. The molecule has 0 unspecified atom stereocenters. The molecule has 26 valence electrons. The van der Waals surface area contributed by atoms with E-state index in [4.69, 9.17) is 0 Å². The number of hydrogen-bond donors (Lipinski definition) is 1. The Morgan fingerprint density at radius 1 is 1.75 bits per heavy atom. The number of rotatable bonds is 0. The van der Waals surface area contributed by atoms with E-state index in [9.17, 15) is 0 Å². The van der Waals surface area contributed by atoms with Crippen molar-refractivity contribution in [2.75, 3.05) is 0 Å². The molecule has 0 saturated carbocycles. The molecule has 0 aliphatic carbocycles. The molecular weight excluding hydrogens is 88.2 g/mol. The summed E-state index contributed by atoms with van der Waals surface area (Å²) in [4.78, 5) is 0. The second-order valence-electron chi connectivity index (χ2n) is 0.183. The van der Waals surface area contributed by atoms with E-state index in [0.717, 1.165) is 0 Å². The van der Waals surface area contributed by atoms with Crippen LogP contribution in [0.4, 0.5) is 0 Å². The van der Waals surface area contributed by atoms with Gasteiger partial charge in [-0.1, -0.05) is 6.58 Å². The fourth-order valence-electron chi connectivity index (χ4n) is 0. The Morgan fingerprint density at radius 2 is 1.75 bits per heavy atom. The van der Waals surface area contributed by atoms with Crippen molar-refractivity contribution in [3.63, 3.8) is 0 Å². The van der Waals surface area contributed by atoms with E-state index in [1.807, 2.05) is 0 Å². The van der Waals surface area contributed by atoms with Crippen LogP contribution in [-0.2, 0) is 0 Å². The van der Waals surface area contributed by atoms with E-state index in [-0.39, 0.29) is 13.5 Å². The summed E-state index contributed by atoms with van der Waals surface area (Å²) >= 11 is 3.55. The van der Waals surface area contributed by atoms with Crippen LogP contribution in [0.3, 0.4) is 0 Å². The van der Waals surface area contributed by atoms with Gasteiger partial charge in [0.25, 0.3) is 0 Å². The Hall–Kier alpha value is 0.440.